The fraction of sp³-hybridized carbons (Fsp3) is 0.900. The van der Waals surface area contributed by atoms with E-state index < -0.39 is 11.6 Å². The fourth-order valence-electron chi connectivity index (χ4n) is 1.36. The highest BCUT2D eigenvalue weighted by molar-refractivity contribution is 5.76. The van der Waals surface area contributed by atoms with E-state index in [4.69, 9.17) is 10.5 Å². The minimum Gasteiger partial charge on any atom is -0.459 e. The third-order valence-corrected chi connectivity index (χ3v) is 2.34. The van der Waals surface area contributed by atoms with E-state index in [2.05, 4.69) is 0 Å². The molecule has 1 fully saturated rings. The topological polar surface area (TPSA) is 52.3 Å². The van der Waals surface area contributed by atoms with Crippen molar-refractivity contribution in [1.82, 2.24) is 0 Å². The summed E-state index contributed by atoms with van der Waals surface area (Å²) in [6, 6.07) is -0.409. The molecule has 1 aliphatic rings. The van der Waals surface area contributed by atoms with Gasteiger partial charge in [0.1, 0.15) is 11.6 Å². The van der Waals surface area contributed by atoms with Crippen LogP contribution in [0.1, 0.15) is 40.0 Å². The molecule has 3 heteroatoms. The first-order valence-corrected chi connectivity index (χ1v) is 4.88. The lowest BCUT2D eigenvalue weighted by Gasteiger charge is -2.31. The first kappa shape index (κ1) is 10.5. The number of carbonyl (C=O) groups is 1. The van der Waals surface area contributed by atoms with Crippen molar-refractivity contribution in [1.29, 1.82) is 0 Å². The number of hydrogen-bond acceptors (Lipinski definition) is 3. The predicted octanol–water partition coefficient (Wildman–Crippen LogP) is 1.46. The van der Waals surface area contributed by atoms with Crippen molar-refractivity contribution in [2.24, 2.45) is 11.7 Å². The van der Waals surface area contributed by atoms with Crippen LogP contribution in [0.2, 0.25) is 0 Å². The zero-order chi connectivity index (χ0) is 10.1. The van der Waals surface area contributed by atoms with Gasteiger partial charge in [0.25, 0.3) is 0 Å². The molecule has 0 aromatic rings. The van der Waals surface area contributed by atoms with Gasteiger partial charge in [0.15, 0.2) is 0 Å². The van der Waals surface area contributed by atoms with Crippen LogP contribution >= 0.6 is 0 Å². The summed E-state index contributed by atoms with van der Waals surface area (Å²) in [6.07, 6.45) is 3.34. The Morgan fingerprint density at radius 3 is 2.31 bits per heavy atom. The summed E-state index contributed by atoms with van der Waals surface area (Å²) in [5.41, 5.74) is 5.34. The quantitative estimate of drug-likeness (QED) is 0.662. The van der Waals surface area contributed by atoms with Crippen molar-refractivity contribution in [2.75, 3.05) is 0 Å². The van der Waals surface area contributed by atoms with Crippen LogP contribution in [0.15, 0.2) is 0 Å². The number of carbonyl (C=O) groups excluding carboxylic acids is 1. The van der Waals surface area contributed by atoms with Crippen LogP contribution in [0.3, 0.4) is 0 Å². The van der Waals surface area contributed by atoms with Crippen molar-refractivity contribution in [3.8, 4) is 0 Å². The average Bonchev–Trinajstić information content (AvgIpc) is 1.78. The lowest BCUT2D eigenvalue weighted by atomic mass is 9.80. The van der Waals surface area contributed by atoms with Crippen LogP contribution in [0.4, 0.5) is 0 Å². The number of nitrogens with two attached hydrogens (primary N) is 1. The van der Waals surface area contributed by atoms with Gasteiger partial charge in [-0.25, -0.2) is 0 Å². The van der Waals surface area contributed by atoms with Crippen molar-refractivity contribution >= 4 is 5.97 Å². The van der Waals surface area contributed by atoms with E-state index in [-0.39, 0.29) is 5.97 Å². The molecule has 1 atom stereocenters. The molecule has 0 heterocycles. The second-order valence-electron chi connectivity index (χ2n) is 4.75. The molecule has 1 rings (SSSR count). The van der Waals surface area contributed by atoms with E-state index in [1.165, 1.54) is 6.42 Å². The lowest BCUT2D eigenvalue weighted by Crippen LogP contribution is -2.44. The van der Waals surface area contributed by atoms with Gasteiger partial charge in [-0.05, 0) is 39.5 Å². The monoisotopic (exact) mass is 185 g/mol. The molecular weight excluding hydrogens is 166 g/mol. The molecule has 76 valence electrons. The van der Waals surface area contributed by atoms with Crippen molar-refractivity contribution in [3.05, 3.63) is 0 Å². The maximum absolute atomic E-state index is 11.4. The predicted molar refractivity (Wildman–Crippen MR) is 51.2 cm³/mol. The second kappa shape index (κ2) is 3.66. The zero-order valence-electron chi connectivity index (χ0n) is 8.67. The van der Waals surface area contributed by atoms with Crippen LogP contribution in [0, 0.1) is 5.92 Å². The van der Waals surface area contributed by atoms with Crippen molar-refractivity contribution in [3.63, 3.8) is 0 Å². The molecule has 0 amide bonds. The first-order valence-electron chi connectivity index (χ1n) is 4.88. The maximum Gasteiger partial charge on any atom is 0.323 e. The molecule has 0 spiro atoms. The summed E-state index contributed by atoms with van der Waals surface area (Å²) in [5.74, 6) is 0.104. The maximum atomic E-state index is 11.4. The Hall–Kier alpha value is -0.570. The Morgan fingerprint density at radius 1 is 1.46 bits per heavy atom. The number of esters is 1. The van der Waals surface area contributed by atoms with Crippen LogP contribution in [0.5, 0.6) is 0 Å². The van der Waals surface area contributed by atoms with Gasteiger partial charge in [0.05, 0.1) is 0 Å². The van der Waals surface area contributed by atoms with Crippen molar-refractivity contribution < 1.29 is 9.53 Å². The van der Waals surface area contributed by atoms with Crippen LogP contribution < -0.4 is 5.73 Å². The molecule has 3 nitrogen and oxygen atoms in total. The smallest absolute Gasteiger partial charge is 0.323 e. The zero-order valence-corrected chi connectivity index (χ0v) is 8.67. The average molecular weight is 185 g/mol. The standard InChI is InChI=1S/C10H19NO2/c1-10(2,3)13-9(12)8(11)7-5-4-6-7/h7-8H,4-6,11H2,1-3H3/t8-/m1/s1. The molecule has 0 radical (unpaired) electrons. The molecule has 2 N–H and O–H groups in total. The summed E-state index contributed by atoms with van der Waals surface area (Å²) in [5, 5.41) is 0. The Labute approximate surface area is 79.6 Å². The highest BCUT2D eigenvalue weighted by Crippen LogP contribution is 2.29. The van der Waals surface area contributed by atoms with Crippen molar-refractivity contribution in [2.45, 2.75) is 51.7 Å². The molecule has 0 aromatic carbocycles. The molecule has 0 unspecified atom stereocenters. The van der Waals surface area contributed by atoms with Gasteiger partial charge in [-0.15, -0.1) is 0 Å². The highest BCUT2D eigenvalue weighted by Gasteiger charge is 2.32. The number of ether oxygens (including phenoxy) is 1. The summed E-state index contributed by atoms with van der Waals surface area (Å²) >= 11 is 0. The Balaban J connectivity index is 2.38. The first-order chi connectivity index (χ1) is 5.90. The molecule has 1 saturated carbocycles. The molecular formula is C10H19NO2. The fourth-order valence-corrected chi connectivity index (χ4v) is 1.36. The lowest BCUT2D eigenvalue weighted by molar-refractivity contribution is -0.158. The van der Waals surface area contributed by atoms with Crippen LogP contribution in [-0.2, 0) is 9.53 Å². The third-order valence-electron chi connectivity index (χ3n) is 2.34. The number of hydrogen-bond donors (Lipinski definition) is 1. The van der Waals surface area contributed by atoms with E-state index in [0.717, 1.165) is 12.8 Å². The molecule has 0 saturated heterocycles. The third kappa shape index (κ3) is 2.99. The highest BCUT2D eigenvalue weighted by atomic mass is 16.6. The van der Waals surface area contributed by atoms with E-state index in [1.54, 1.807) is 0 Å². The molecule has 0 aromatic heterocycles. The van der Waals surface area contributed by atoms with Gasteiger partial charge in [-0.1, -0.05) is 6.42 Å². The van der Waals surface area contributed by atoms with Gasteiger partial charge >= 0.3 is 5.97 Å². The summed E-state index contributed by atoms with van der Waals surface area (Å²) in [4.78, 5) is 11.4. The second-order valence-corrected chi connectivity index (χ2v) is 4.75. The van der Waals surface area contributed by atoms with Gasteiger partial charge < -0.3 is 10.5 Å². The Kier molecular flexibility index (Phi) is 2.96. The normalized spacial score (nSPS) is 20.6. The summed E-state index contributed by atoms with van der Waals surface area (Å²) in [7, 11) is 0. The minimum absolute atomic E-state index is 0.253. The van der Waals surface area contributed by atoms with Crippen LogP contribution in [0.25, 0.3) is 0 Å². The van der Waals surface area contributed by atoms with E-state index in [0.29, 0.717) is 5.92 Å². The SMILES string of the molecule is CC(C)(C)OC(=O)[C@H](N)C1CCC1. The minimum atomic E-state index is -0.418. The van der Waals surface area contributed by atoms with Crippen LogP contribution in [-0.4, -0.2) is 17.6 Å². The Bertz CT molecular complexity index is 192. The largest absolute Gasteiger partial charge is 0.459 e. The summed E-state index contributed by atoms with van der Waals surface area (Å²) in [6.45, 7) is 5.58. The van der Waals surface area contributed by atoms with E-state index in [1.807, 2.05) is 20.8 Å². The van der Waals surface area contributed by atoms with Gasteiger partial charge in [0.2, 0.25) is 0 Å². The summed E-state index contributed by atoms with van der Waals surface area (Å²) < 4.78 is 5.19. The van der Waals surface area contributed by atoms with Gasteiger partial charge in [-0.2, -0.15) is 0 Å². The van der Waals surface area contributed by atoms with Gasteiger partial charge in [0, 0.05) is 0 Å². The molecule has 0 aliphatic heterocycles. The molecule has 13 heavy (non-hydrogen) atoms. The Morgan fingerprint density at radius 2 is 2.00 bits per heavy atom. The molecule has 1 aliphatic carbocycles. The van der Waals surface area contributed by atoms with Gasteiger partial charge in [-0.3, -0.25) is 4.79 Å². The van der Waals surface area contributed by atoms with E-state index in [9.17, 15) is 4.79 Å². The van der Waals surface area contributed by atoms with E-state index >= 15 is 0 Å². The number of rotatable bonds is 2. The molecule has 0 bridgehead atoms.